The standard InChI is InChI=1S/C18H24N2O2/c1-13(12-19(2)3)20-16(21)14-8-4-5-9-15(14)18(17(20)22)10-6-7-11-18/h4-5,8-9,13H,6-7,10-12H2,1-3H3. The largest absolute Gasteiger partial charge is 0.307 e. The number of nitrogens with zero attached hydrogens (tertiary/aromatic N) is 2. The van der Waals surface area contributed by atoms with E-state index in [2.05, 4.69) is 0 Å². The zero-order valence-corrected chi connectivity index (χ0v) is 13.6. The van der Waals surface area contributed by atoms with Crippen LogP contribution in [0.25, 0.3) is 0 Å². The highest BCUT2D eigenvalue weighted by atomic mass is 16.2. The Balaban J connectivity index is 2.08. The molecule has 0 radical (unpaired) electrons. The molecule has 0 N–H and O–H groups in total. The summed E-state index contributed by atoms with van der Waals surface area (Å²) in [6.07, 6.45) is 3.84. The van der Waals surface area contributed by atoms with Crippen LogP contribution < -0.4 is 0 Å². The zero-order valence-electron chi connectivity index (χ0n) is 13.6. The van der Waals surface area contributed by atoms with Gasteiger partial charge in [-0.25, -0.2) is 0 Å². The molecule has 0 bridgehead atoms. The van der Waals surface area contributed by atoms with Gasteiger partial charge in [0.25, 0.3) is 5.91 Å². The summed E-state index contributed by atoms with van der Waals surface area (Å²) in [5, 5.41) is 0. The van der Waals surface area contributed by atoms with Crippen molar-refractivity contribution < 1.29 is 9.59 Å². The topological polar surface area (TPSA) is 40.6 Å². The van der Waals surface area contributed by atoms with Crippen molar-refractivity contribution >= 4 is 11.8 Å². The third-order valence-electron chi connectivity index (χ3n) is 5.05. The molecule has 118 valence electrons. The molecule has 4 nitrogen and oxygen atoms in total. The number of benzene rings is 1. The normalized spacial score (nSPS) is 21.5. The Morgan fingerprint density at radius 2 is 1.82 bits per heavy atom. The van der Waals surface area contributed by atoms with E-state index in [4.69, 9.17) is 0 Å². The van der Waals surface area contributed by atoms with Gasteiger partial charge < -0.3 is 4.90 Å². The van der Waals surface area contributed by atoms with Gasteiger partial charge in [0.05, 0.1) is 5.41 Å². The molecule has 2 amide bonds. The highest BCUT2D eigenvalue weighted by Gasteiger charge is 2.52. The summed E-state index contributed by atoms with van der Waals surface area (Å²) in [6, 6.07) is 7.58. The van der Waals surface area contributed by atoms with Gasteiger partial charge in [-0.2, -0.15) is 0 Å². The van der Waals surface area contributed by atoms with Crippen LogP contribution in [0.15, 0.2) is 24.3 Å². The number of likely N-dealkylation sites (N-methyl/N-ethyl adjacent to an activating group) is 1. The fourth-order valence-corrected chi connectivity index (χ4v) is 4.13. The molecule has 4 heteroatoms. The van der Waals surface area contributed by atoms with E-state index in [1.165, 1.54) is 4.90 Å². The van der Waals surface area contributed by atoms with Crippen molar-refractivity contribution in [1.29, 1.82) is 0 Å². The first-order valence-electron chi connectivity index (χ1n) is 8.09. The number of rotatable bonds is 3. The van der Waals surface area contributed by atoms with Crippen molar-refractivity contribution in [3.8, 4) is 0 Å². The summed E-state index contributed by atoms with van der Waals surface area (Å²) in [7, 11) is 3.93. The molecule has 1 saturated carbocycles. The van der Waals surface area contributed by atoms with Gasteiger partial charge in [0.1, 0.15) is 0 Å². The first kappa shape index (κ1) is 15.2. The van der Waals surface area contributed by atoms with E-state index in [0.717, 1.165) is 36.8 Å². The van der Waals surface area contributed by atoms with Crippen LogP contribution >= 0.6 is 0 Å². The van der Waals surface area contributed by atoms with E-state index in [-0.39, 0.29) is 17.9 Å². The summed E-state index contributed by atoms with van der Waals surface area (Å²) < 4.78 is 0. The predicted molar refractivity (Wildman–Crippen MR) is 85.8 cm³/mol. The highest BCUT2D eigenvalue weighted by Crippen LogP contribution is 2.47. The quantitative estimate of drug-likeness (QED) is 0.805. The van der Waals surface area contributed by atoms with E-state index in [0.29, 0.717) is 6.54 Å². The number of hydrogen-bond donors (Lipinski definition) is 0. The van der Waals surface area contributed by atoms with Crippen LogP contribution in [0.4, 0.5) is 0 Å². The molecule has 1 aromatic carbocycles. The number of carbonyl (C=O) groups excluding carboxylic acids is 2. The van der Waals surface area contributed by atoms with Crippen LogP contribution in [0.3, 0.4) is 0 Å². The molecular formula is C18H24N2O2. The highest BCUT2D eigenvalue weighted by molar-refractivity contribution is 6.13. The van der Waals surface area contributed by atoms with Gasteiger partial charge in [-0.1, -0.05) is 31.0 Å². The first-order chi connectivity index (χ1) is 10.5. The van der Waals surface area contributed by atoms with Gasteiger partial charge in [0.2, 0.25) is 5.91 Å². The molecule has 0 aromatic heterocycles. The Morgan fingerprint density at radius 3 is 2.45 bits per heavy atom. The van der Waals surface area contributed by atoms with Gasteiger partial charge in [-0.05, 0) is 45.5 Å². The van der Waals surface area contributed by atoms with Gasteiger partial charge in [0, 0.05) is 18.2 Å². The average molecular weight is 300 g/mol. The second kappa shape index (κ2) is 5.51. The molecule has 1 heterocycles. The lowest BCUT2D eigenvalue weighted by atomic mass is 9.72. The Kier molecular flexibility index (Phi) is 3.81. The minimum Gasteiger partial charge on any atom is -0.307 e. The average Bonchev–Trinajstić information content (AvgIpc) is 2.95. The van der Waals surface area contributed by atoms with Crippen molar-refractivity contribution in [2.24, 2.45) is 0 Å². The Labute approximate surface area is 132 Å². The van der Waals surface area contributed by atoms with Crippen LogP contribution in [0.2, 0.25) is 0 Å². The van der Waals surface area contributed by atoms with Crippen LogP contribution in [0.5, 0.6) is 0 Å². The van der Waals surface area contributed by atoms with Crippen LogP contribution in [0, 0.1) is 0 Å². The molecule has 0 saturated heterocycles. The van der Waals surface area contributed by atoms with E-state index >= 15 is 0 Å². The minimum atomic E-state index is -0.467. The van der Waals surface area contributed by atoms with Gasteiger partial charge in [-0.15, -0.1) is 0 Å². The fraction of sp³-hybridized carbons (Fsp3) is 0.556. The Hall–Kier alpha value is -1.68. The van der Waals surface area contributed by atoms with Crippen molar-refractivity contribution in [2.75, 3.05) is 20.6 Å². The lowest BCUT2D eigenvalue weighted by molar-refractivity contribution is -0.137. The smallest absolute Gasteiger partial charge is 0.261 e. The second-order valence-electron chi connectivity index (χ2n) is 6.93. The molecular weight excluding hydrogens is 276 g/mol. The zero-order chi connectivity index (χ0) is 15.9. The number of imide groups is 1. The minimum absolute atomic E-state index is 0.0167. The monoisotopic (exact) mass is 300 g/mol. The molecule has 1 aliphatic carbocycles. The molecule has 1 aliphatic heterocycles. The van der Waals surface area contributed by atoms with Crippen LogP contribution in [0.1, 0.15) is 48.5 Å². The number of carbonyl (C=O) groups is 2. The van der Waals surface area contributed by atoms with Gasteiger partial charge in [-0.3, -0.25) is 14.5 Å². The third kappa shape index (κ3) is 2.17. The summed E-state index contributed by atoms with van der Waals surface area (Å²) in [5.74, 6) is -0.115. The fourth-order valence-electron chi connectivity index (χ4n) is 4.13. The maximum absolute atomic E-state index is 13.2. The summed E-state index contributed by atoms with van der Waals surface area (Å²) in [4.78, 5) is 29.7. The Morgan fingerprint density at radius 1 is 1.18 bits per heavy atom. The molecule has 1 aromatic rings. The summed E-state index contributed by atoms with van der Waals surface area (Å²) in [5.41, 5.74) is 1.20. The second-order valence-corrected chi connectivity index (χ2v) is 6.93. The lowest BCUT2D eigenvalue weighted by Gasteiger charge is -2.42. The van der Waals surface area contributed by atoms with Crippen molar-refractivity contribution in [2.45, 2.75) is 44.1 Å². The maximum atomic E-state index is 13.2. The molecule has 1 spiro atoms. The van der Waals surface area contributed by atoms with Crippen molar-refractivity contribution in [3.05, 3.63) is 35.4 Å². The summed E-state index contributed by atoms with van der Waals surface area (Å²) >= 11 is 0. The lowest BCUT2D eigenvalue weighted by Crippen LogP contribution is -2.58. The maximum Gasteiger partial charge on any atom is 0.261 e. The number of fused-ring (bicyclic) bond motifs is 2. The third-order valence-corrected chi connectivity index (χ3v) is 5.05. The van der Waals surface area contributed by atoms with Gasteiger partial charge >= 0.3 is 0 Å². The van der Waals surface area contributed by atoms with E-state index in [1.54, 1.807) is 0 Å². The van der Waals surface area contributed by atoms with Crippen LogP contribution in [-0.2, 0) is 10.2 Å². The van der Waals surface area contributed by atoms with E-state index in [9.17, 15) is 9.59 Å². The molecule has 1 fully saturated rings. The SMILES string of the molecule is CC(CN(C)C)N1C(=O)c2ccccc2C2(CCCC2)C1=O. The number of amides is 2. The van der Waals surface area contributed by atoms with Gasteiger partial charge in [0.15, 0.2) is 0 Å². The van der Waals surface area contributed by atoms with Crippen LogP contribution in [-0.4, -0.2) is 48.3 Å². The first-order valence-corrected chi connectivity index (χ1v) is 8.09. The van der Waals surface area contributed by atoms with E-state index in [1.807, 2.05) is 50.2 Å². The summed E-state index contributed by atoms with van der Waals surface area (Å²) in [6.45, 7) is 2.65. The van der Waals surface area contributed by atoms with Crippen molar-refractivity contribution in [1.82, 2.24) is 9.80 Å². The van der Waals surface area contributed by atoms with E-state index < -0.39 is 5.41 Å². The predicted octanol–water partition coefficient (Wildman–Crippen LogP) is 2.43. The molecule has 2 aliphatic rings. The molecule has 22 heavy (non-hydrogen) atoms. The molecule has 1 atom stereocenters. The number of hydrogen-bond acceptors (Lipinski definition) is 3. The van der Waals surface area contributed by atoms with Crippen molar-refractivity contribution in [3.63, 3.8) is 0 Å². The molecule has 3 rings (SSSR count). The molecule has 1 unspecified atom stereocenters. The Bertz CT molecular complexity index is 603.